The van der Waals surface area contributed by atoms with Crippen molar-refractivity contribution in [1.29, 1.82) is 0 Å². The monoisotopic (exact) mass is 254 g/mol. The van der Waals surface area contributed by atoms with Crippen molar-refractivity contribution in [2.75, 3.05) is 5.73 Å². The molecule has 96 valence electrons. The zero-order chi connectivity index (χ0) is 13.4. The minimum atomic E-state index is -0.255. The van der Waals surface area contributed by atoms with Crippen LogP contribution in [0.2, 0.25) is 0 Å². The first kappa shape index (κ1) is 11.8. The molecule has 0 fully saturated rings. The van der Waals surface area contributed by atoms with Gasteiger partial charge < -0.3 is 10.3 Å². The number of rotatable bonds is 2. The lowest BCUT2D eigenvalue weighted by Crippen LogP contribution is -2.04. The van der Waals surface area contributed by atoms with Crippen LogP contribution in [0.25, 0.3) is 10.9 Å². The number of nitrogen functional groups attached to an aromatic ring is 1. The molecule has 1 aromatic heterocycles. The van der Waals surface area contributed by atoms with E-state index in [1.807, 2.05) is 22.9 Å². The molecule has 0 bridgehead atoms. The molecule has 1 heterocycles. The molecule has 0 aliphatic carbocycles. The zero-order valence-corrected chi connectivity index (χ0v) is 10.7. The second-order valence-corrected chi connectivity index (χ2v) is 4.76. The second-order valence-electron chi connectivity index (χ2n) is 4.76. The Morgan fingerprint density at radius 1 is 1.11 bits per heavy atom. The first-order chi connectivity index (χ1) is 9.16. The van der Waals surface area contributed by atoms with Crippen molar-refractivity contribution in [1.82, 2.24) is 4.57 Å². The standard InChI is InChI=1S/C16H15FN2/c1-11-4-2-7-16-12(11)8-9-19(16)10-13-14(17)5-3-6-15(13)18/h2-9H,10,18H2,1H3. The predicted molar refractivity (Wildman–Crippen MR) is 76.6 cm³/mol. The summed E-state index contributed by atoms with van der Waals surface area (Å²) in [5, 5.41) is 1.19. The number of aryl methyl sites for hydroxylation is 1. The molecule has 2 N–H and O–H groups in total. The maximum absolute atomic E-state index is 13.8. The molecule has 0 radical (unpaired) electrons. The lowest BCUT2D eigenvalue weighted by molar-refractivity contribution is 0.603. The van der Waals surface area contributed by atoms with E-state index < -0.39 is 0 Å². The third-order valence-electron chi connectivity index (χ3n) is 3.52. The average molecular weight is 254 g/mol. The Hall–Kier alpha value is -2.29. The van der Waals surface area contributed by atoms with Crippen LogP contribution in [0.15, 0.2) is 48.7 Å². The van der Waals surface area contributed by atoms with Gasteiger partial charge in [0.2, 0.25) is 0 Å². The van der Waals surface area contributed by atoms with E-state index in [4.69, 9.17) is 5.73 Å². The van der Waals surface area contributed by atoms with Gasteiger partial charge in [0.05, 0.1) is 6.54 Å². The normalized spacial score (nSPS) is 11.1. The Balaban J connectivity index is 2.09. The molecular formula is C16H15FN2. The summed E-state index contributed by atoms with van der Waals surface area (Å²) < 4.78 is 15.9. The van der Waals surface area contributed by atoms with Crippen LogP contribution in [0.1, 0.15) is 11.1 Å². The number of fused-ring (bicyclic) bond motifs is 1. The lowest BCUT2D eigenvalue weighted by atomic mass is 10.1. The van der Waals surface area contributed by atoms with E-state index in [-0.39, 0.29) is 5.82 Å². The Bertz CT molecular complexity index is 723. The number of anilines is 1. The van der Waals surface area contributed by atoms with E-state index in [1.54, 1.807) is 12.1 Å². The Morgan fingerprint density at radius 2 is 1.89 bits per heavy atom. The molecule has 19 heavy (non-hydrogen) atoms. The molecule has 0 spiro atoms. The van der Waals surface area contributed by atoms with Gasteiger partial charge in [0, 0.05) is 28.4 Å². The molecule has 3 heteroatoms. The summed E-state index contributed by atoms with van der Waals surface area (Å²) in [6, 6.07) is 13.0. The fourth-order valence-corrected chi connectivity index (χ4v) is 2.43. The number of nitrogens with two attached hydrogens (primary N) is 1. The molecule has 0 aliphatic rings. The maximum Gasteiger partial charge on any atom is 0.130 e. The highest BCUT2D eigenvalue weighted by Gasteiger charge is 2.09. The minimum Gasteiger partial charge on any atom is -0.398 e. The van der Waals surface area contributed by atoms with E-state index in [0.717, 1.165) is 5.52 Å². The van der Waals surface area contributed by atoms with Gasteiger partial charge in [-0.1, -0.05) is 18.2 Å². The fourth-order valence-electron chi connectivity index (χ4n) is 2.43. The molecule has 2 aromatic carbocycles. The van der Waals surface area contributed by atoms with Crippen molar-refractivity contribution in [2.24, 2.45) is 0 Å². The zero-order valence-electron chi connectivity index (χ0n) is 10.7. The van der Waals surface area contributed by atoms with Gasteiger partial charge in [0.1, 0.15) is 5.82 Å². The van der Waals surface area contributed by atoms with Crippen molar-refractivity contribution in [3.05, 3.63) is 65.6 Å². The van der Waals surface area contributed by atoms with Crippen LogP contribution in [-0.4, -0.2) is 4.57 Å². The number of hydrogen-bond donors (Lipinski definition) is 1. The van der Waals surface area contributed by atoms with Gasteiger partial charge in [-0.15, -0.1) is 0 Å². The van der Waals surface area contributed by atoms with E-state index in [2.05, 4.69) is 19.1 Å². The first-order valence-electron chi connectivity index (χ1n) is 6.24. The second kappa shape index (κ2) is 4.43. The highest BCUT2D eigenvalue weighted by Crippen LogP contribution is 2.23. The van der Waals surface area contributed by atoms with Crippen molar-refractivity contribution in [3.63, 3.8) is 0 Å². The van der Waals surface area contributed by atoms with Gasteiger partial charge in [-0.05, 0) is 36.8 Å². The molecule has 3 aromatic rings. The summed E-state index contributed by atoms with van der Waals surface area (Å²) in [4.78, 5) is 0. The summed E-state index contributed by atoms with van der Waals surface area (Å²) in [6.07, 6.45) is 1.98. The van der Waals surface area contributed by atoms with Crippen LogP contribution in [0.4, 0.5) is 10.1 Å². The topological polar surface area (TPSA) is 30.9 Å². The number of hydrogen-bond acceptors (Lipinski definition) is 1. The Morgan fingerprint density at radius 3 is 2.68 bits per heavy atom. The molecule has 0 amide bonds. The van der Waals surface area contributed by atoms with Crippen molar-refractivity contribution >= 4 is 16.6 Å². The van der Waals surface area contributed by atoms with Crippen molar-refractivity contribution in [3.8, 4) is 0 Å². The quantitative estimate of drug-likeness (QED) is 0.694. The van der Waals surface area contributed by atoms with Crippen molar-refractivity contribution in [2.45, 2.75) is 13.5 Å². The predicted octanol–water partition coefficient (Wildman–Crippen LogP) is 3.72. The minimum absolute atomic E-state index is 0.255. The van der Waals surface area contributed by atoms with Gasteiger partial charge in [-0.25, -0.2) is 4.39 Å². The van der Waals surface area contributed by atoms with E-state index in [1.165, 1.54) is 17.0 Å². The van der Waals surface area contributed by atoms with Gasteiger partial charge in [-0.3, -0.25) is 0 Å². The molecule has 3 rings (SSSR count). The van der Waals surface area contributed by atoms with Crippen molar-refractivity contribution < 1.29 is 4.39 Å². The molecule has 0 aliphatic heterocycles. The number of halogens is 1. The molecular weight excluding hydrogens is 239 g/mol. The summed E-state index contributed by atoms with van der Waals surface area (Å²) in [5.41, 5.74) is 9.22. The van der Waals surface area contributed by atoms with Crippen LogP contribution in [0.5, 0.6) is 0 Å². The third-order valence-corrected chi connectivity index (χ3v) is 3.52. The van der Waals surface area contributed by atoms with E-state index >= 15 is 0 Å². The van der Waals surface area contributed by atoms with Crippen LogP contribution >= 0.6 is 0 Å². The van der Waals surface area contributed by atoms with Gasteiger partial charge in [0.25, 0.3) is 0 Å². The summed E-state index contributed by atoms with van der Waals surface area (Å²) >= 11 is 0. The molecule has 0 saturated heterocycles. The van der Waals surface area contributed by atoms with Crippen LogP contribution in [-0.2, 0) is 6.54 Å². The van der Waals surface area contributed by atoms with Crippen LogP contribution < -0.4 is 5.73 Å². The molecule has 0 unspecified atom stereocenters. The first-order valence-corrected chi connectivity index (χ1v) is 6.24. The Kier molecular flexibility index (Phi) is 2.75. The SMILES string of the molecule is Cc1cccc2c1ccn2Cc1c(N)cccc1F. The Labute approximate surface area is 111 Å². The van der Waals surface area contributed by atoms with Gasteiger partial charge >= 0.3 is 0 Å². The number of nitrogens with zero attached hydrogens (tertiary/aromatic N) is 1. The van der Waals surface area contributed by atoms with Gasteiger partial charge in [-0.2, -0.15) is 0 Å². The molecule has 2 nitrogen and oxygen atoms in total. The lowest BCUT2D eigenvalue weighted by Gasteiger charge is -2.10. The highest BCUT2D eigenvalue weighted by molar-refractivity contribution is 5.83. The fraction of sp³-hybridized carbons (Fsp3) is 0.125. The molecule has 0 saturated carbocycles. The highest BCUT2D eigenvalue weighted by atomic mass is 19.1. The summed E-state index contributed by atoms with van der Waals surface area (Å²) in [5.74, 6) is -0.255. The average Bonchev–Trinajstić information content (AvgIpc) is 2.79. The smallest absolute Gasteiger partial charge is 0.130 e. The largest absolute Gasteiger partial charge is 0.398 e. The van der Waals surface area contributed by atoms with Crippen LogP contribution in [0.3, 0.4) is 0 Å². The van der Waals surface area contributed by atoms with Crippen LogP contribution in [0, 0.1) is 12.7 Å². The summed E-state index contributed by atoms with van der Waals surface area (Å²) in [7, 11) is 0. The number of aromatic nitrogens is 1. The molecule has 0 atom stereocenters. The summed E-state index contributed by atoms with van der Waals surface area (Å²) in [6.45, 7) is 2.52. The van der Waals surface area contributed by atoms with E-state index in [0.29, 0.717) is 17.8 Å². The maximum atomic E-state index is 13.8. The number of benzene rings is 2. The van der Waals surface area contributed by atoms with Gasteiger partial charge in [0.15, 0.2) is 0 Å². The van der Waals surface area contributed by atoms with E-state index in [9.17, 15) is 4.39 Å². The third kappa shape index (κ3) is 1.97.